The van der Waals surface area contributed by atoms with Crippen molar-refractivity contribution in [2.75, 3.05) is 0 Å². The highest BCUT2D eigenvalue weighted by Crippen LogP contribution is 2.48. The van der Waals surface area contributed by atoms with Gasteiger partial charge in [0, 0.05) is 17.3 Å². The second-order valence-corrected chi connectivity index (χ2v) is 5.75. The average molecular weight is 312 g/mol. The molecule has 3 rings (SSSR count). The number of primary amides is 1. The highest BCUT2D eigenvalue weighted by atomic mass is 35.5. The van der Waals surface area contributed by atoms with E-state index in [-0.39, 0.29) is 11.2 Å². The first-order valence-corrected chi connectivity index (χ1v) is 7.31. The molecule has 0 spiro atoms. The summed E-state index contributed by atoms with van der Waals surface area (Å²) < 4.78 is 0. The lowest BCUT2D eigenvalue weighted by Crippen LogP contribution is -2.29. The van der Waals surface area contributed by atoms with Crippen molar-refractivity contribution in [1.29, 1.82) is 0 Å². The number of carbonyl (C=O) groups is 1. The van der Waals surface area contributed by atoms with Crippen LogP contribution in [0, 0.1) is 18.8 Å². The minimum absolute atomic E-state index is 0.166. The first kappa shape index (κ1) is 14.6. The van der Waals surface area contributed by atoms with Gasteiger partial charge in [-0.25, -0.2) is 9.97 Å². The number of rotatable bonds is 2. The highest BCUT2D eigenvalue weighted by molar-refractivity contribution is 6.28. The van der Waals surface area contributed by atoms with Crippen molar-refractivity contribution in [3.63, 3.8) is 0 Å². The van der Waals surface area contributed by atoms with E-state index in [0.717, 1.165) is 29.5 Å². The van der Waals surface area contributed by atoms with Gasteiger partial charge in [-0.3, -0.25) is 4.79 Å². The number of aryl methyl sites for hydroxylation is 1. The minimum Gasteiger partial charge on any atom is -0.369 e. The molecule has 2 N–H and O–H groups in total. The van der Waals surface area contributed by atoms with Gasteiger partial charge in [-0.1, -0.05) is 24.1 Å². The van der Waals surface area contributed by atoms with Crippen LogP contribution in [0.1, 0.15) is 35.2 Å². The average Bonchev–Trinajstić information content (AvgIpc) is 3.30. The van der Waals surface area contributed by atoms with E-state index in [4.69, 9.17) is 17.3 Å². The Labute approximate surface area is 133 Å². The van der Waals surface area contributed by atoms with Crippen LogP contribution in [-0.2, 0) is 10.2 Å². The van der Waals surface area contributed by atoms with Gasteiger partial charge in [0.05, 0.1) is 5.41 Å². The van der Waals surface area contributed by atoms with Gasteiger partial charge in [0.1, 0.15) is 5.69 Å². The number of aromatic nitrogens is 2. The smallest absolute Gasteiger partial charge is 0.228 e. The first-order valence-electron chi connectivity index (χ1n) is 6.93. The standard InChI is InChI=1S/C17H14ClN3O/c1-11-10-20-16(18)21-14(11)7-6-12-4-2-3-5-13(12)17(8-9-17)15(19)22/h2-5,10H,8-9H2,1H3,(H2,19,22). The molecule has 0 atom stereocenters. The Balaban J connectivity index is 2.03. The van der Waals surface area contributed by atoms with Gasteiger partial charge in [-0.15, -0.1) is 0 Å². The van der Waals surface area contributed by atoms with Crippen molar-refractivity contribution in [2.45, 2.75) is 25.2 Å². The number of benzene rings is 1. The van der Waals surface area contributed by atoms with Gasteiger partial charge in [0.15, 0.2) is 0 Å². The third kappa shape index (κ3) is 2.56. The summed E-state index contributed by atoms with van der Waals surface area (Å²) in [7, 11) is 0. The van der Waals surface area contributed by atoms with E-state index in [9.17, 15) is 4.79 Å². The zero-order chi connectivity index (χ0) is 15.7. The quantitative estimate of drug-likeness (QED) is 0.684. The number of halogens is 1. The van der Waals surface area contributed by atoms with Gasteiger partial charge >= 0.3 is 0 Å². The van der Waals surface area contributed by atoms with Gasteiger partial charge in [-0.2, -0.15) is 0 Å². The van der Waals surface area contributed by atoms with Crippen molar-refractivity contribution >= 4 is 17.5 Å². The van der Waals surface area contributed by atoms with Gasteiger partial charge in [0.2, 0.25) is 11.2 Å². The van der Waals surface area contributed by atoms with Crippen LogP contribution >= 0.6 is 11.6 Å². The Kier molecular flexibility index (Phi) is 3.59. The van der Waals surface area contributed by atoms with Crippen LogP contribution in [0.2, 0.25) is 5.28 Å². The molecule has 4 nitrogen and oxygen atoms in total. The zero-order valence-corrected chi connectivity index (χ0v) is 12.8. The molecule has 5 heteroatoms. The van der Waals surface area contributed by atoms with Crippen molar-refractivity contribution in [3.8, 4) is 11.8 Å². The molecule has 1 amide bonds. The summed E-state index contributed by atoms with van der Waals surface area (Å²) >= 11 is 5.80. The Hall–Kier alpha value is -2.38. The van der Waals surface area contributed by atoms with Gasteiger partial charge < -0.3 is 5.73 Å². The molecule has 1 heterocycles. The molecular weight excluding hydrogens is 298 g/mol. The molecule has 0 aliphatic heterocycles. The maximum atomic E-state index is 11.7. The molecule has 22 heavy (non-hydrogen) atoms. The Morgan fingerprint density at radius 2 is 2.05 bits per heavy atom. The molecule has 1 fully saturated rings. The summed E-state index contributed by atoms with van der Waals surface area (Å²) in [5.41, 5.74) is 8.14. The molecule has 1 aliphatic rings. The molecule has 1 saturated carbocycles. The lowest BCUT2D eigenvalue weighted by Gasteiger charge is -2.13. The summed E-state index contributed by atoms with van der Waals surface area (Å²) in [5, 5.41) is 0.166. The van der Waals surface area contributed by atoms with Crippen LogP contribution in [0.15, 0.2) is 30.5 Å². The fourth-order valence-electron chi connectivity index (χ4n) is 2.46. The number of carbonyl (C=O) groups excluding carboxylic acids is 1. The van der Waals surface area contributed by atoms with E-state index >= 15 is 0 Å². The predicted molar refractivity (Wildman–Crippen MR) is 84.3 cm³/mol. The lowest BCUT2D eigenvalue weighted by atomic mass is 9.91. The maximum Gasteiger partial charge on any atom is 0.228 e. The Morgan fingerprint density at radius 3 is 2.73 bits per heavy atom. The number of hydrogen-bond acceptors (Lipinski definition) is 3. The number of amides is 1. The molecule has 0 saturated heterocycles. The molecule has 2 aromatic rings. The largest absolute Gasteiger partial charge is 0.369 e. The molecule has 0 radical (unpaired) electrons. The van der Waals surface area contributed by atoms with Crippen LogP contribution in [0.25, 0.3) is 0 Å². The van der Waals surface area contributed by atoms with E-state index < -0.39 is 5.41 Å². The van der Waals surface area contributed by atoms with Crippen molar-refractivity contribution in [3.05, 3.63) is 58.1 Å². The van der Waals surface area contributed by atoms with E-state index in [2.05, 4.69) is 21.8 Å². The second-order valence-electron chi connectivity index (χ2n) is 5.41. The van der Waals surface area contributed by atoms with Crippen molar-refractivity contribution in [2.24, 2.45) is 5.73 Å². The normalized spacial score (nSPS) is 14.8. The fourth-order valence-corrected chi connectivity index (χ4v) is 2.59. The minimum atomic E-state index is -0.552. The summed E-state index contributed by atoms with van der Waals surface area (Å²) in [5.74, 6) is 5.81. The van der Waals surface area contributed by atoms with E-state index in [0.29, 0.717) is 5.69 Å². The topological polar surface area (TPSA) is 68.9 Å². The molecule has 0 unspecified atom stereocenters. The number of nitrogens with two attached hydrogens (primary N) is 1. The Bertz CT molecular complexity index is 816. The third-order valence-electron chi connectivity index (χ3n) is 3.92. The van der Waals surface area contributed by atoms with Crippen LogP contribution in [0.3, 0.4) is 0 Å². The van der Waals surface area contributed by atoms with E-state index in [1.165, 1.54) is 0 Å². The van der Waals surface area contributed by atoms with Crippen LogP contribution < -0.4 is 5.73 Å². The number of nitrogens with zero attached hydrogens (tertiary/aromatic N) is 2. The summed E-state index contributed by atoms with van der Waals surface area (Å²) in [6, 6.07) is 7.60. The fraction of sp³-hybridized carbons (Fsp3) is 0.235. The first-order chi connectivity index (χ1) is 10.5. The molecule has 1 aliphatic carbocycles. The molecule has 1 aromatic carbocycles. The van der Waals surface area contributed by atoms with E-state index in [1.54, 1.807) is 6.20 Å². The molecule has 1 aromatic heterocycles. The van der Waals surface area contributed by atoms with Crippen LogP contribution in [-0.4, -0.2) is 15.9 Å². The van der Waals surface area contributed by atoms with Gasteiger partial charge in [-0.05, 0) is 48.9 Å². The van der Waals surface area contributed by atoms with Crippen LogP contribution in [0.5, 0.6) is 0 Å². The zero-order valence-electron chi connectivity index (χ0n) is 12.1. The summed E-state index contributed by atoms with van der Waals surface area (Å²) in [4.78, 5) is 19.8. The van der Waals surface area contributed by atoms with Gasteiger partial charge in [0.25, 0.3) is 0 Å². The van der Waals surface area contributed by atoms with E-state index in [1.807, 2.05) is 31.2 Å². The van der Waals surface area contributed by atoms with Crippen molar-refractivity contribution in [1.82, 2.24) is 9.97 Å². The summed E-state index contributed by atoms with van der Waals surface area (Å²) in [6.45, 7) is 1.87. The molecular formula is C17H14ClN3O. The second kappa shape index (κ2) is 5.43. The lowest BCUT2D eigenvalue weighted by molar-refractivity contribution is -0.120. The summed E-state index contributed by atoms with van der Waals surface area (Å²) in [6.07, 6.45) is 3.19. The Morgan fingerprint density at radius 1 is 1.32 bits per heavy atom. The third-order valence-corrected chi connectivity index (χ3v) is 4.10. The molecule has 110 valence electrons. The van der Waals surface area contributed by atoms with Crippen LogP contribution in [0.4, 0.5) is 0 Å². The predicted octanol–water partition coefficient (Wildman–Crippen LogP) is 2.36. The van der Waals surface area contributed by atoms with Crippen molar-refractivity contribution < 1.29 is 4.79 Å². The number of hydrogen-bond donors (Lipinski definition) is 1. The monoisotopic (exact) mass is 311 g/mol. The molecule has 0 bridgehead atoms. The highest BCUT2D eigenvalue weighted by Gasteiger charge is 2.50. The maximum absolute atomic E-state index is 11.7. The SMILES string of the molecule is Cc1cnc(Cl)nc1C#Cc1ccccc1C1(C(N)=O)CC1.